The number of nitrogens with zero attached hydrogens (tertiary/aromatic N) is 4. The van der Waals surface area contributed by atoms with Gasteiger partial charge in [0.2, 0.25) is 0 Å². The predicted octanol–water partition coefficient (Wildman–Crippen LogP) is 3.44. The van der Waals surface area contributed by atoms with Crippen molar-refractivity contribution in [3.63, 3.8) is 0 Å². The topological polar surface area (TPSA) is 61.7 Å². The monoisotopic (exact) mass is 232 g/mol. The maximum absolute atomic E-state index is 8.06. The molecule has 0 aliphatic carbocycles. The summed E-state index contributed by atoms with van der Waals surface area (Å²) in [5.74, 6) is 0.192. The maximum Gasteiger partial charge on any atom is 0.145 e. The van der Waals surface area contributed by atoms with Gasteiger partial charge in [-0.3, -0.25) is 4.98 Å². The Morgan fingerprint density at radius 2 is 2.45 bits per heavy atom. The highest BCUT2D eigenvalue weighted by Gasteiger charge is 1.98. The van der Waals surface area contributed by atoms with Gasteiger partial charge in [-0.2, -0.15) is 0 Å². The second kappa shape index (κ2) is 3.57. The van der Waals surface area contributed by atoms with Gasteiger partial charge in [-0.15, -0.1) is 0 Å². The van der Waals surface area contributed by atoms with Crippen molar-refractivity contribution in [2.75, 3.05) is 0 Å². The highest BCUT2D eigenvalue weighted by atomic mass is 79.9. The van der Waals surface area contributed by atoms with Crippen LogP contribution >= 0.6 is 27.5 Å². The molecule has 0 saturated heterocycles. The highest BCUT2D eigenvalue weighted by Crippen LogP contribution is 2.24. The Morgan fingerprint density at radius 3 is 3.00 bits per heavy atom. The Hall–Kier alpha value is -0.770. The van der Waals surface area contributed by atoms with Crippen LogP contribution in [0.5, 0.6) is 0 Å². The molecule has 0 bridgehead atoms. The van der Waals surface area contributed by atoms with Crippen LogP contribution in [0.15, 0.2) is 21.9 Å². The van der Waals surface area contributed by atoms with Crippen LogP contribution in [-0.4, -0.2) is 4.98 Å². The van der Waals surface area contributed by atoms with Gasteiger partial charge in [0, 0.05) is 15.6 Å². The smallest absolute Gasteiger partial charge is 0.145 e. The predicted molar refractivity (Wildman–Crippen MR) is 45.8 cm³/mol. The molecule has 0 amide bonds. The summed E-state index contributed by atoms with van der Waals surface area (Å²) in [6, 6.07) is 1.61. The molecule has 0 saturated carbocycles. The molecule has 11 heavy (non-hydrogen) atoms. The third kappa shape index (κ3) is 2.08. The van der Waals surface area contributed by atoms with Crippen molar-refractivity contribution < 1.29 is 0 Å². The van der Waals surface area contributed by atoms with Crippen LogP contribution in [0.2, 0.25) is 5.02 Å². The number of aromatic nitrogens is 1. The Morgan fingerprint density at radius 1 is 1.73 bits per heavy atom. The summed E-state index contributed by atoms with van der Waals surface area (Å²) in [5, 5.41) is 3.59. The first kappa shape index (κ1) is 8.33. The number of pyridine rings is 1. The molecule has 0 radical (unpaired) electrons. The van der Waals surface area contributed by atoms with Crippen LogP contribution < -0.4 is 0 Å². The summed E-state index contributed by atoms with van der Waals surface area (Å²) in [6.07, 6.45) is 1.51. The van der Waals surface area contributed by atoms with Gasteiger partial charge in [-0.25, -0.2) is 0 Å². The van der Waals surface area contributed by atoms with E-state index in [-0.39, 0.29) is 5.82 Å². The van der Waals surface area contributed by atoms with E-state index in [4.69, 9.17) is 17.1 Å². The largest absolute Gasteiger partial charge is 0.252 e. The molecule has 0 atom stereocenters. The van der Waals surface area contributed by atoms with E-state index >= 15 is 0 Å². The van der Waals surface area contributed by atoms with Crippen molar-refractivity contribution in [1.82, 2.24) is 4.98 Å². The average molecular weight is 233 g/mol. The van der Waals surface area contributed by atoms with E-state index in [1.165, 1.54) is 6.20 Å². The molecule has 6 heteroatoms. The SMILES string of the molecule is [N-]=[N+]=Nc1ncc(Br)cc1Cl. The summed E-state index contributed by atoms with van der Waals surface area (Å²) < 4.78 is 0.749. The van der Waals surface area contributed by atoms with Crippen LogP contribution in [0.3, 0.4) is 0 Å². The molecule has 0 unspecified atom stereocenters. The van der Waals surface area contributed by atoms with Crippen LogP contribution in [-0.2, 0) is 0 Å². The summed E-state index contributed by atoms with van der Waals surface area (Å²) >= 11 is 8.82. The summed E-state index contributed by atoms with van der Waals surface area (Å²) in [6.45, 7) is 0. The van der Waals surface area contributed by atoms with Gasteiger partial charge in [-0.1, -0.05) is 11.6 Å². The number of rotatable bonds is 1. The Kier molecular flexibility index (Phi) is 2.70. The summed E-state index contributed by atoms with van der Waals surface area (Å²) in [7, 11) is 0. The third-order valence-corrected chi connectivity index (χ3v) is 1.64. The van der Waals surface area contributed by atoms with Crippen LogP contribution in [0.4, 0.5) is 5.82 Å². The highest BCUT2D eigenvalue weighted by molar-refractivity contribution is 9.10. The second-order valence-electron chi connectivity index (χ2n) is 1.65. The average Bonchev–Trinajstić information content (AvgIpc) is 1.95. The van der Waals surface area contributed by atoms with Gasteiger partial charge in [0.1, 0.15) is 5.82 Å². The zero-order chi connectivity index (χ0) is 8.27. The van der Waals surface area contributed by atoms with E-state index in [1.54, 1.807) is 6.07 Å². The van der Waals surface area contributed by atoms with Gasteiger partial charge >= 0.3 is 0 Å². The molecule has 0 aliphatic heterocycles. The Labute approximate surface area is 76.0 Å². The Balaban J connectivity index is 3.19. The quantitative estimate of drug-likeness (QED) is 0.416. The second-order valence-corrected chi connectivity index (χ2v) is 2.97. The fourth-order valence-electron chi connectivity index (χ4n) is 0.523. The van der Waals surface area contributed by atoms with Crippen molar-refractivity contribution in [1.29, 1.82) is 0 Å². The van der Waals surface area contributed by atoms with Gasteiger partial charge in [0.25, 0.3) is 0 Å². The molecule has 0 N–H and O–H groups in total. The normalized spacial score (nSPS) is 8.91. The van der Waals surface area contributed by atoms with E-state index in [0.717, 1.165) is 4.47 Å². The van der Waals surface area contributed by atoms with Crippen LogP contribution in [0.1, 0.15) is 0 Å². The van der Waals surface area contributed by atoms with Crippen molar-refractivity contribution in [2.45, 2.75) is 0 Å². The van der Waals surface area contributed by atoms with Gasteiger partial charge in [0.05, 0.1) is 5.02 Å². The van der Waals surface area contributed by atoms with Crippen molar-refractivity contribution >= 4 is 33.3 Å². The number of azide groups is 1. The van der Waals surface area contributed by atoms with E-state index in [1.807, 2.05) is 0 Å². The zero-order valence-corrected chi connectivity index (χ0v) is 7.54. The molecule has 0 fully saturated rings. The first-order valence-electron chi connectivity index (χ1n) is 2.60. The first-order valence-corrected chi connectivity index (χ1v) is 3.77. The fourth-order valence-corrected chi connectivity index (χ4v) is 1.19. The number of hydrogen-bond donors (Lipinski definition) is 0. The molecule has 1 aromatic heterocycles. The summed E-state index contributed by atoms with van der Waals surface area (Å²) in [5.41, 5.74) is 8.06. The summed E-state index contributed by atoms with van der Waals surface area (Å²) in [4.78, 5) is 6.33. The zero-order valence-electron chi connectivity index (χ0n) is 5.20. The lowest BCUT2D eigenvalue weighted by molar-refractivity contribution is 1.25. The molecular weight excluding hydrogens is 231 g/mol. The number of hydrogen-bond acceptors (Lipinski definition) is 2. The lowest BCUT2D eigenvalue weighted by Crippen LogP contribution is -1.74. The molecule has 0 aliphatic rings. The fraction of sp³-hybridized carbons (Fsp3) is 0. The van der Waals surface area contributed by atoms with Crippen LogP contribution in [0, 0.1) is 0 Å². The molecule has 1 heterocycles. The minimum Gasteiger partial charge on any atom is -0.252 e. The van der Waals surface area contributed by atoms with Gasteiger partial charge in [-0.05, 0) is 32.6 Å². The molecule has 56 valence electrons. The minimum absolute atomic E-state index is 0.192. The molecule has 1 aromatic rings. The Bertz CT molecular complexity index is 320. The standard InChI is InChI=1S/C5H2BrClN4/c6-3-1-4(7)5(9-2-3)10-11-8/h1-2H. The molecule has 4 nitrogen and oxygen atoms in total. The molecule has 0 spiro atoms. The minimum atomic E-state index is 0.192. The lowest BCUT2D eigenvalue weighted by atomic mass is 10.5. The first-order chi connectivity index (χ1) is 5.24. The van der Waals surface area contributed by atoms with Gasteiger partial charge in [0.15, 0.2) is 0 Å². The molecule has 1 rings (SSSR count). The van der Waals surface area contributed by atoms with Crippen LogP contribution in [0.25, 0.3) is 10.4 Å². The molecular formula is C5H2BrClN4. The van der Waals surface area contributed by atoms with E-state index in [9.17, 15) is 0 Å². The van der Waals surface area contributed by atoms with Crippen molar-refractivity contribution in [3.05, 3.63) is 32.2 Å². The maximum atomic E-state index is 8.06. The van der Waals surface area contributed by atoms with E-state index in [2.05, 4.69) is 30.9 Å². The van der Waals surface area contributed by atoms with E-state index < -0.39 is 0 Å². The van der Waals surface area contributed by atoms with Crippen molar-refractivity contribution in [2.24, 2.45) is 5.11 Å². The lowest BCUT2D eigenvalue weighted by Gasteiger charge is -1.94. The van der Waals surface area contributed by atoms with Gasteiger partial charge < -0.3 is 0 Å². The van der Waals surface area contributed by atoms with Crippen molar-refractivity contribution in [3.8, 4) is 0 Å². The number of halogens is 2. The molecule has 0 aromatic carbocycles. The van der Waals surface area contributed by atoms with E-state index in [0.29, 0.717) is 5.02 Å². The third-order valence-electron chi connectivity index (χ3n) is 0.928.